The van der Waals surface area contributed by atoms with Crippen molar-refractivity contribution in [2.24, 2.45) is 5.73 Å². The van der Waals surface area contributed by atoms with Gasteiger partial charge in [0, 0.05) is 38.3 Å². The van der Waals surface area contributed by atoms with Gasteiger partial charge in [0.2, 0.25) is 5.91 Å². The molecule has 1 aliphatic rings. The van der Waals surface area contributed by atoms with Crippen LogP contribution in [0.1, 0.15) is 12.5 Å². The first-order chi connectivity index (χ1) is 9.61. The van der Waals surface area contributed by atoms with Crippen LogP contribution in [0.3, 0.4) is 0 Å². The number of benzene rings is 1. The number of nitrogens with zero attached hydrogens (tertiary/aromatic N) is 2. The molecular weight excluding hydrogens is 254 g/mol. The van der Waals surface area contributed by atoms with Crippen LogP contribution in [0.25, 0.3) is 0 Å². The van der Waals surface area contributed by atoms with Gasteiger partial charge in [0.15, 0.2) is 0 Å². The van der Waals surface area contributed by atoms with Crippen LogP contribution in [0.5, 0.6) is 5.75 Å². The SMILES string of the molecule is COc1ccccc1CN1CCN(C(=O)C(C)N)CC1. The second-order valence-corrected chi connectivity index (χ2v) is 5.20. The molecule has 0 aromatic heterocycles. The van der Waals surface area contributed by atoms with Crippen LogP contribution in [0, 0.1) is 0 Å². The molecule has 1 aliphatic heterocycles. The molecule has 0 bridgehead atoms. The number of amides is 1. The van der Waals surface area contributed by atoms with Crippen LogP contribution < -0.4 is 10.5 Å². The molecule has 1 unspecified atom stereocenters. The first-order valence-electron chi connectivity index (χ1n) is 7.00. The van der Waals surface area contributed by atoms with Crippen LogP contribution in [0.15, 0.2) is 24.3 Å². The maximum Gasteiger partial charge on any atom is 0.239 e. The highest BCUT2D eigenvalue weighted by Crippen LogP contribution is 2.19. The van der Waals surface area contributed by atoms with Gasteiger partial charge in [0.25, 0.3) is 0 Å². The Morgan fingerprint density at radius 1 is 1.30 bits per heavy atom. The Morgan fingerprint density at radius 2 is 1.95 bits per heavy atom. The summed E-state index contributed by atoms with van der Waals surface area (Å²) in [5, 5.41) is 0. The Hall–Kier alpha value is -1.59. The zero-order valence-electron chi connectivity index (χ0n) is 12.2. The summed E-state index contributed by atoms with van der Waals surface area (Å²) in [6.45, 7) is 5.83. The molecule has 1 heterocycles. The van der Waals surface area contributed by atoms with E-state index in [1.54, 1.807) is 14.0 Å². The fraction of sp³-hybridized carbons (Fsp3) is 0.533. The number of carbonyl (C=O) groups excluding carboxylic acids is 1. The normalized spacial score (nSPS) is 17.9. The van der Waals surface area contributed by atoms with Crippen molar-refractivity contribution in [2.45, 2.75) is 19.5 Å². The number of carbonyl (C=O) groups is 1. The molecule has 2 N–H and O–H groups in total. The first kappa shape index (κ1) is 14.8. The summed E-state index contributed by atoms with van der Waals surface area (Å²) in [5.41, 5.74) is 6.82. The van der Waals surface area contributed by atoms with Crippen LogP contribution in [0.4, 0.5) is 0 Å². The van der Waals surface area contributed by atoms with Crippen molar-refractivity contribution in [3.05, 3.63) is 29.8 Å². The van der Waals surface area contributed by atoms with Gasteiger partial charge in [-0.2, -0.15) is 0 Å². The Balaban J connectivity index is 1.90. The third kappa shape index (κ3) is 3.49. The molecule has 0 saturated carbocycles. The minimum Gasteiger partial charge on any atom is -0.496 e. The van der Waals surface area contributed by atoms with Gasteiger partial charge < -0.3 is 15.4 Å². The van der Waals surface area contributed by atoms with E-state index in [1.807, 2.05) is 23.1 Å². The number of methoxy groups -OCH3 is 1. The van der Waals surface area contributed by atoms with E-state index in [2.05, 4.69) is 11.0 Å². The highest BCUT2D eigenvalue weighted by Gasteiger charge is 2.23. The smallest absolute Gasteiger partial charge is 0.239 e. The van der Waals surface area contributed by atoms with Crippen molar-refractivity contribution in [2.75, 3.05) is 33.3 Å². The summed E-state index contributed by atoms with van der Waals surface area (Å²) in [6.07, 6.45) is 0. The standard InChI is InChI=1S/C15H23N3O2/c1-12(16)15(19)18-9-7-17(8-10-18)11-13-5-3-4-6-14(13)20-2/h3-6,12H,7-11,16H2,1-2H3. The van der Waals surface area contributed by atoms with Crippen LogP contribution in [-0.4, -0.2) is 55.0 Å². The molecule has 2 rings (SSSR count). The van der Waals surface area contributed by atoms with Gasteiger partial charge in [-0.15, -0.1) is 0 Å². The minimum absolute atomic E-state index is 0.0435. The highest BCUT2D eigenvalue weighted by atomic mass is 16.5. The molecule has 5 nitrogen and oxygen atoms in total. The Morgan fingerprint density at radius 3 is 2.55 bits per heavy atom. The largest absolute Gasteiger partial charge is 0.496 e. The lowest BCUT2D eigenvalue weighted by Gasteiger charge is -2.35. The van der Waals surface area contributed by atoms with Crippen molar-refractivity contribution < 1.29 is 9.53 Å². The fourth-order valence-electron chi connectivity index (χ4n) is 2.49. The molecule has 1 aromatic rings. The van der Waals surface area contributed by atoms with E-state index >= 15 is 0 Å². The molecule has 0 radical (unpaired) electrons. The van der Waals surface area contributed by atoms with Gasteiger partial charge in [0.1, 0.15) is 5.75 Å². The second kappa shape index (κ2) is 6.72. The maximum absolute atomic E-state index is 11.8. The lowest BCUT2D eigenvalue weighted by Crippen LogP contribution is -2.52. The quantitative estimate of drug-likeness (QED) is 0.879. The molecular formula is C15H23N3O2. The van der Waals surface area contributed by atoms with Crippen molar-refractivity contribution in [1.29, 1.82) is 0 Å². The summed E-state index contributed by atoms with van der Waals surface area (Å²) in [7, 11) is 1.69. The van der Waals surface area contributed by atoms with E-state index in [0.717, 1.165) is 38.5 Å². The van der Waals surface area contributed by atoms with Crippen LogP contribution in [0.2, 0.25) is 0 Å². The number of ether oxygens (including phenoxy) is 1. The van der Waals surface area contributed by atoms with E-state index in [9.17, 15) is 4.79 Å². The molecule has 1 saturated heterocycles. The Labute approximate surface area is 120 Å². The molecule has 0 spiro atoms. The van der Waals surface area contributed by atoms with Gasteiger partial charge in [-0.05, 0) is 13.0 Å². The molecule has 1 aromatic carbocycles. The molecule has 1 atom stereocenters. The lowest BCUT2D eigenvalue weighted by atomic mass is 10.1. The number of para-hydroxylation sites is 1. The van der Waals surface area contributed by atoms with Crippen LogP contribution in [-0.2, 0) is 11.3 Å². The summed E-state index contributed by atoms with van der Waals surface area (Å²) in [4.78, 5) is 16.0. The van der Waals surface area contributed by atoms with E-state index in [-0.39, 0.29) is 5.91 Å². The summed E-state index contributed by atoms with van der Waals surface area (Å²) in [5.74, 6) is 0.962. The van der Waals surface area contributed by atoms with Gasteiger partial charge in [0.05, 0.1) is 13.2 Å². The van der Waals surface area contributed by atoms with Gasteiger partial charge >= 0.3 is 0 Å². The maximum atomic E-state index is 11.8. The second-order valence-electron chi connectivity index (χ2n) is 5.20. The third-order valence-electron chi connectivity index (χ3n) is 3.66. The Bertz CT molecular complexity index is 454. The third-order valence-corrected chi connectivity index (χ3v) is 3.66. The Kier molecular flexibility index (Phi) is 4.98. The monoisotopic (exact) mass is 277 g/mol. The minimum atomic E-state index is -0.407. The van der Waals surface area contributed by atoms with E-state index in [4.69, 9.17) is 10.5 Å². The zero-order valence-corrected chi connectivity index (χ0v) is 12.2. The average Bonchev–Trinajstić information content (AvgIpc) is 2.48. The number of piperazine rings is 1. The van der Waals surface area contributed by atoms with E-state index in [0.29, 0.717) is 0 Å². The van der Waals surface area contributed by atoms with Gasteiger partial charge in [-0.3, -0.25) is 9.69 Å². The summed E-state index contributed by atoms with van der Waals surface area (Å²) in [6, 6.07) is 7.65. The molecule has 0 aliphatic carbocycles. The number of hydrogen-bond acceptors (Lipinski definition) is 4. The molecule has 110 valence electrons. The van der Waals surface area contributed by atoms with Crippen molar-refractivity contribution in [3.63, 3.8) is 0 Å². The molecule has 20 heavy (non-hydrogen) atoms. The number of rotatable bonds is 4. The van der Waals surface area contributed by atoms with E-state index < -0.39 is 6.04 Å². The number of hydrogen-bond donors (Lipinski definition) is 1. The molecule has 1 fully saturated rings. The predicted octanol–water partition coefficient (Wildman–Crippen LogP) is 0.687. The first-order valence-corrected chi connectivity index (χ1v) is 7.00. The van der Waals surface area contributed by atoms with E-state index in [1.165, 1.54) is 5.56 Å². The lowest BCUT2D eigenvalue weighted by molar-refractivity contribution is -0.134. The van der Waals surface area contributed by atoms with Crippen molar-refractivity contribution >= 4 is 5.91 Å². The number of nitrogens with two attached hydrogens (primary N) is 1. The van der Waals surface area contributed by atoms with Crippen LogP contribution >= 0.6 is 0 Å². The van der Waals surface area contributed by atoms with Gasteiger partial charge in [-0.25, -0.2) is 0 Å². The topological polar surface area (TPSA) is 58.8 Å². The summed E-state index contributed by atoms with van der Waals surface area (Å²) >= 11 is 0. The van der Waals surface area contributed by atoms with Crippen molar-refractivity contribution in [3.8, 4) is 5.75 Å². The van der Waals surface area contributed by atoms with Gasteiger partial charge in [-0.1, -0.05) is 18.2 Å². The fourth-order valence-corrected chi connectivity index (χ4v) is 2.49. The van der Waals surface area contributed by atoms with Crippen molar-refractivity contribution in [1.82, 2.24) is 9.80 Å². The predicted molar refractivity (Wildman–Crippen MR) is 78.5 cm³/mol. The zero-order chi connectivity index (χ0) is 14.5. The molecule has 5 heteroatoms. The molecule has 1 amide bonds. The average molecular weight is 277 g/mol. The summed E-state index contributed by atoms with van der Waals surface area (Å²) < 4.78 is 5.37. The highest BCUT2D eigenvalue weighted by molar-refractivity contribution is 5.81.